The van der Waals surface area contributed by atoms with Crippen molar-refractivity contribution in [2.45, 2.75) is 12.6 Å². The van der Waals surface area contributed by atoms with Gasteiger partial charge in [0.05, 0.1) is 13.2 Å². The number of nitrogens with two attached hydrogens (primary N) is 1. The molecule has 0 atom stereocenters. The Labute approximate surface area is 113 Å². The van der Waals surface area contributed by atoms with E-state index in [1.54, 1.807) is 24.3 Å². The van der Waals surface area contributed by atoms with Gasteiger partial charge in [-0.1, -0.05) is 17.3 Å². The van der Waals surface area contributed by atoms with Gasteiger partial charge < -0.3 is 20.4 Å². The zero-order chi connectivity index (χ0) is 15.0. The van der Waals surface area contributed by atoms with Crippen LogP contribution in [0.1, 0.15) is 12.0 Å². The van der Waals surface area contributed by atoms with E-state index in [4.69, 9.17) is 15.7 Å². The van der Waals surface area contributed by atoms with Gasteiger partial charge in [0.2, 0.25) is 0 Å². The molecule has 1 rings (SSSR count). The van der Waals surface area contributed by atoms with Crippen molar-refractivity contribution in [1.29, 1.82) is 0 Å². The number of ether oxygens (including phenoxy) is 2. The molecule has 0 heterocycles. The van der Waals surface area contributed by atoms with Crippen LogP contribution in [0.2, 0.25) is 0 Å². The Bertz CT molecular complexity index is 450. The molecule has 0 fully saturated rings. The standard InChI is InChI=1S/C12H15F3N2O3/c13-12(14,15)8-19-5-2-6-20-10-4-1-3-9(7-10)11(16)17-18/h1,3-4,7,18H,2,5-6,8H2,(H2,16,17). The van der Waals surface area contributed by atoms with Gasteiger partial charge >= 0.3 is 6.18 Å². The van der Waals surface area contributed by atoms with Crippen molar-refractivity contribution in [3.05, 3.63) is 29.8 Å². The lowest BCUT2D eigenvalue weighted by atomic mass is 10.2. The summed E-state index contributed by atoms with van der Waals surface area (Å²) in [4.78, 5) is 0. The zero-order valence-electron chi connectivity index (χ0n) is 10.6. The van der Waals surface area contributed by atoms with E-state index in [1.165, 1.54) is 0 Å². The molecule has 0 aliphatic heterocycles. The molecule has 0 aromatic heterocycles. The largest absolute Gasteiger partial charge is 0.493 e. The third-order valence-corrected chi connectivity index (χ3v) is 2.21. The van der Waals surface area contributed by atoms with Crippen molar-refractivity contribution >= 4 is 5.84 Å². The normalized spacial score (nSPS) is 12.4. The summed E-state index contributed by atoms with van der Waals surface area (Å²) in [6, 6.07) is 6.51. The van der Waals surface area contributed by atoms with Gasteiger partial charge in [0.25, 0.3) is 0 Å². The van der Waals surface area contributed by atoms with Crippen LogP contribution in [-0.4, -0.2) is 37.0 Å². The van der Waals surface area contributed by atoms with Gasteiger partial charge in [0.1, 0.15) is 12.4 Å². The summed E-state index contributed by atoms with van der Waals surface area (Å²) in [5.74, 6) is 0.425. The van der Waals surface area contributed by atoms with E-state index >= 15 is 0 Å². The second kappa shape index (κ2) is 7.59. The molecule has 0 amide bonds. The molecule has 0 saturated carbocycles. The van der Waals surface area contributed by atoms with Crippen LogP contribution < -0.4 is 10.5 Å². The lowest BCUT2D eigenvalue weighted by Crippen LogP contribution is -2.18. The zero-order valence-corrected chi connectivity index (χ0v) is 10.6. The molecule has 0 unspecified atom stereocenters. The molecule has 0 saturated heterocycles. The smallest absolute Gasteiger partial charge is 0.411 e. The number of hydrogen-bond donors (Lipinski definition) is 2. The predicted octanol–water partition coefficient (Wildman–Crippen LogP) is 2.13. The summed E-state index contributed by atoms with van der Waals surface area (Å²) in [7, 11) is 0. The Hall–Kier alpha value is -1.96. The Kier molecular flexibility index (Phi) is 6.10. The fourth-order valence-electron chi connectivity index (χ4n) is 1.34. The average molecular weight is 292 g/mol. The van der Waals surface area contributed by atoms with Gasteiger partial charge in [-0.2, -0.15) is 13.2 Å². The summed E-state index contributed by atoms with van der Waals surface area (Å²) < 4.78 is 45.1. The molecular weight excluding hydrogens is 277 g/mol. The summed E-state index contributed by atoms with van der Waals surface area (Å²) in [5.41, 5.74) is 5.90. The van der Waals surface area contributed by atoms with Crippen LogP contribution in [0.15, 0.2) is 29.4 Å². The fraction of sp³-hybridized carbons (Fsp3) is 0.417. The second-order valence-corrected chi connectivity index (χ2v) is 3.88. The van der Waals surface area contributed by atoms with Crippen LogP contribution in [0.3, 0.4) is 0 Å². The first-order chi connectivity index (χ1) is 9.42. The highest BCUT2D eigenvalue weighted by Gasteiger charge is 2.27. The Morgan fingerprint density at radius 3 is 2.70 bits per heavy atom. The Morgan fingerprint density at radius 1 is 1.30 bits per heavy atom. The van der Waals surface area contributed by atoms with E-state index in [-0.39, 0.29) is 19.0 Å². The van der Waals surface area contributed by atoms with Gasteiger partial charge in [-0.15, -0.1) is 0 Å². The van der Waals surface area contributed by atoms with E-state index in [2.05, 4.69) is 9.89 Å². The number of nitrogens with zero attached hydrogens (tertiary/aromatic N) is 1. The summed E-state index contributed by atoms with van der Waals surface area (Å²) in [5, 5.41) is 11.4. The minimum absolute atomic E-state index is 0.0422. The molecule has 0 aliphatic carbocycles. The molecule has 0 bridgehead atoms. The first-order valence-corrected chi connectivity index (χ1v) is 5.77. The monoisotopic (exact) mass is 292 g/mol. The third-order valence-electron chi connectivity index (χ3n) is 2.21. The number of rotatable bonds is 7. The quantitative estimate of drug-likeness (QED) is 0.265. The number of amidine groups is 1. The molecule has 20 heavy (non-hydrogen) atoms. The number of halogens is 3. The number of hydrogen-bond acceptors (Lipinski definition) is 4. The Balaban J connectivity index is 2.29. The van der Waals surface area contributed by atoms with Gasteiger partial charge in [0.15, 0.2) is 5.84 Å². The maximum absolute atomic E-state index is 11.8. The molecule has 8 heteroatoms. The number of oxime groups is 1. The molecule has 112 valence electrons. The highest BCUT2D eigenvalue weighted by atomic mass is 19.4. The first kappa shape index (κ1) is 16.1. The van der Waals surface area contributed by atoms with Crippen LogP contribution in [0, 0.1) is 0 Å². The highest BCUT2D eigenvalue weighted by Crippen LogP contribution is 2.15. The van der Waals surface area contributed by atoms with Crippen LogP contribution in [-0.2, 0) is 4.74 Å². The second-order valence-electron chi connectivity index (χ2n) is 3.88. The third kappa shape index (κ3) is 6.28. The van der Waals surface area contributed by atoms with Gasteiger partial charge in [-0.25, -0.2) is 0 Å². The molecule has 0 aliphatic rings. The highest BCUT2D eigenvalue weighted by molar-refractivity contribution is 5.97. The van der Waals surface area contributed by atoms with Crippen molar-refractivity contribution in [2.24, 2.45) is 10.9 Å². The van der Waals surface area contributed by atoms with Crippen molar-refractivity contribution in [3.8, 4) is 5.75 Å². The summed E-state index contributed by atoms with van der Waals surface area (Å²) >= 11 is 0. The molecule has 3 N–H and O–H groups in total. The number of benzene rings is 1. The molecule has 0 radical (unpaired) electrons. The molecular formula is C12H15F3N2O3. The van der Waals surface area contributed by atoms with E-state index in [9.17, 15) is 13.2 Å². The maximum atomic E-state index is 11.8. The SMILES string of the molecule is NC(=NO)c1cccc(OCCCOCC(F)(F)F)c1. The lowest BCUT2D eigenvalue weighted by molar-refractivity contribution is -0.174. The van der Waals surface area contributed by atoms with E-state index < -0.39 is 12.8 Å². The van der Waals surface area contributed by atoms with Crippen molar-refractivity contribution in [2.75, 3.05) is 19.8 Å². The van der Waals surface area contributed by atoms with Crippen molar-refractivity contribution in [3.63, 3.8) is 0 Å². The summed E-state index contributed by atoms with van der Waals surface area (Å²) in [6.07, 6.45) is -3.99. The number of alkyl halides is 3. The Morgan fingerprint density at radius 2 is 2.05 bits per heavy atom. The van der Waals surface area contributed by atoms with E-state index in [0.29, 0.717) is 17.7 Å². The minimum atomic E-state index is -4.31. The van der Waals surface area contributed by atoms with Gasteiger partial charge in [-0.3, -0.25) is 0 Å². The minimum Gasteiger partial charge on any atom is -0.493 e. The topological polar surface area (TPSA) is 77.1 Å². The van der Waals surface area contributed by atoms with Crippen LogP contribution in [0.25, 0.3) is 0 Å². The molecule has 0 spiro atoms. The van der Waals surface area contributed by atoms with E-state index in [1.807, 2.05) is 0 Å². The lowest BCUT2D eigenvalue weighted by Gasteiger charge is -2.09. The first-order valence-electron chi connectivity index (χ1n) is 5.77. The van der Waals surface area contributed by atoms with Crippen molar-refractivity contribution in [1.82, 2.24) is 0 Å². The molecule has 1 aromatic rings. The average Bonchev–Trinajstić information content (AvgIpc) is 2.41. The van der Waals surface area contributed by atoms with E-state index in [0.717, 1.165) is 0 Å². The summed E-state index contributed by atoms with van der Waals surface area (Å²) in [6.45, 7) is -1.09. The van der Waals surface area contributed by atoms with Crippen LogP contribution in [0.5, 0.6) is 5.75 Å². The van der Waals surface area contributed by atoms with Crippen LogP contribution in [0.4, 0.5) is 13.2 Å². The predicted molar refractivity (Wildman–Crippen MR) is 65.9 cm³/mol. The van der Waals surface area contributed by atoms with Gasteiger partial charge in [-0.05, 0) is 12.1 Å². The fourth-order valence-corrected chi connectivity index (χ4v) is 1.34. The van der Waals surface area contributed by atoms with Crippen molar-refractivity contribution < 1.29 is 27.9 Å². The van der Waals surface area contributed by atoms with Gasteiger partial charge in [0, 0.05) is 12.0 Å². The maximum Gasteiger partial charge on any atom is 0.411 e. The van der Waals surface area contributed by atoms with Crippen LogP contribution >= 0.6 is 0 Å². The molecule has 5 nitrogen and oxygen atoms in total. The molecule has 1 aromatic carbocycles.